The van der Waals surface area contributed by atoms with Crippen LogP contribution in [0.1, 0.15) is 37.0 Å². The molecular weight excluding hydrogens is 360 g/mol. The molecule has 0 N–H and O–H groups in total. The number of hydrogen-bond donors (Lipinski definition) is 0. The Morgan fingerprint density at radius 2 is 1.78 bits per heavy atom. The normalized spacial score (nSPS) is 16.8. The van der Waals surface area contributed by atoms with Gasteiger partial charge < -0.3 is 4.90 Å². The quantitative estimate of drug-likeness (QED) is 0.804. The average Bonchev–Trinajstić information content (AvgIpc) is 2.66. The first-order valence-corrected chi connectivity index (χ1v) is 10.6. The minimum atomic E-state index is -3.74. The molecule has 0 unspecified atom stereocenters. The van der Waals surface area contributed by atoms with Crippen LogP contribution in [0.15, 0.2) is 59.5 Å². The van der Waals surface area contributed by atoms with E-state index in [9.17, 15) is 13.2 Å². The molecule has 1 aliphatic rings. The van der Waals surface area contributed by atoms with Gasteiger partial charge in [-0.1, -0.05) is 38.1 Å². The van der Waals surface area contributed by atoms with Gasteiger partial charge in [-0.05, 0) is 48.6 Å². The number of benzene rings is 2. The lowest BCUT2D eigenvalue weighted by Crippen LogP contribution is -2.43. The molecule has 1 aliphatic heterocycles. The van der Waals surface area contributed by atoms with E-state index < -0.39 is 10.0 Å². The van der Waals surface area contributed by atoms with Crippen LogP contribution in [0.2, 0.25) is 0 Å². The number of hydrogen-bond acceptors (Lipinski definition) is 3. The molecule has 1 saturated heterocycles. The maximum absolute atomic E-state index is 13.0. The van der Waals surface area contributed by atoms with Crippen molar-refractivity contribution >= 4 is 21.6 Å². The number of carbonyl (C=O) groups excluding carboxylic acids is 1. The highest BCUT2D eigenvalue weighted by atomic mass is 32.2. The molecular formula is C21H26N2O3S. The zero-order chi connectivity index (χ0) is 19.7. The highest BCUT2D eigenvalue weighted by Crippen LogP contribution is 2.29. The number of rotatable bonds is 4. The summed E-state index contributed by atoms with van der Waals surface area (Å²) in [7, 11) is -2.22. The number of sulfonamides is 1. The number of nitrogens with zero attached hydrogens (tertiary/aromatic N) is 2. The minimum Gasteiger partial charge on any atom is -0.338 e. The van der Waals surface area contributed by atoms with Crippen LogP contribution < -0.4 is 4.31 Å². The summed E-state index contributed by atoms with van der Waals surface area (Å²) in [5.41, 5.74) is 1.08. The molecule has 27 heavy (non-hydrogen) atoms. The summed E-state index contributed by atoms with van der Waals surface area (Å²) in [6.07, 6.45) is 2.06. The third-order valence-corrected chi connectivity index (χ3v) is 6.83. The molecule has 0 bridgehead atoms. The van der Waals surface area contributed by atoms with Crippen LogP contribution in [0.3, 0.4) is 0 Å². The summed E-state index contributed by atoms with van der Waals surface area (Å²) in [5, 5.41) is 0. The molecule has 144 valence electrons. The second-order valence-corrected chi connectivity index (χ2v) is 9.80. The van der Waals surface area contributed by atoms with Gasteiger partial charge in [-0.3, -0.25) is 9.10 Å². The van der Waals surface area contributed by atoms with Crippen molar-refractivity contribution in [1.29, 1.82) is 0 Å². The summed E-state index contributed by atoms with van der Waals surface area (Å²) in [6.45, 7) is 5.71. The highest BCUT2D eigenvalue weighted by molar-refractivity contribution is 7.92. The van der Waals surface area contributed by atoms with Gasteiger partial charge in [0.2, 0.25) is 0 Å². The summed E-state index contributed by atoms with van der Waals surface area (Å²) < 4.78 is 27.2. The number of amides is 1. The average molecular weight is 387 g/mol. The van der Waals surface area contributed by atoms with Crippen molar-refractivity contribution in [2.45, 2.75) is 31.6 Å². The zero-order valence-electron chi connectivity index (χ0n) is 16.1. The summed E-state index contributed by atoms with van der Waals surface area (Å²) in [4.78, 5) is 14.9. The Hall–Kier alpha value is -2.34. The van der Waals surface area contributed by atoms with E-state index in [0.29, 0.717) is 24.3 Å². The van der Waals surface area contributed by atoms with Gasteiger partial charge in [0.1, 0.15) is 0 Å². The fourth-order valence-electron chi connectivity index (χ4n) is 3.50. The second-order valence-electron chi connectivity index (χ2n) is 7.83. The number of likely N-dealkylation sites (tertiary alicyclic amines) is 1. The Kier molecular flexibility index (Phi) is 5.29. The molecule has 0 aromatic heterocycles. The van der Waals surface area contributed by atoms with Crippen molar-refractivity contribution in [2.24, 2.45) is 5.41 Å². The summed E-state index contributed by atoms with van der Waals surface area (Å²) >= 11 is 0. The standard InChI is InChI=1S/C21H26N2O3S/c1-21(2)13-8-14-23(16-21)20(24)17-9-7-12-19(15-17)27(25,26)22(3)18-10-5-4-6-11-18/h4-7,9-12,15H,8,13-14,16H2,1-3H3. The predicted octanol–water partition coefficient (Wildman–Crippen LogP) is 3.77. The molecule has 6 heteroatoms. The van der Waals surface area contributed by atoms with E-state index in [1.165, 1.54) is 23.5 Å². The Labute approximate surface area is 161 Å². The van der Waals surface area contributed by atoms with Gasteiger partial charge >= 0.3 is 0 Å². The third kappa shape index (κ3) is 4.16. The van der Waals surface area contributed by atoms with Crippen LogP contribution in [-0.2, 0) is 10.0 Å². The lowest BCUT2D eigenvalue weighted by atomic mass is 9.84. The molecule has 0 saturated carbocycles. The molecule has 2 aromatic carbocycles. The van der Waals surface area contributed by atoms with E-state index in [0.717, 1.165) is 12.8 Å². The molecule has 0 spiro atoms. The number of para-hydroxylation sites is 1. The van der Waals surface area contributed by atoms with Gasteiger partial charge in [-0.25, -0.2) is 8.42 Å². The van der Waals surface area contributed by atoms with Gasteiger partial charge in [0, 0.05) is 25.7 Å². The van der Waals surface area contributed by atoms with Crippen LogP contribution >= 0.6 is 0 Å². The van der Waals surface area contributed by atoms with E-state index in [1.807, 2.05) is 11.0 Å². The van der Waals surface area contributed by atoms with Crippen LogP contribution in [0, 0.1) is 5.41 Å². The van der Waals surface area contributed by atoms with Crippen molar-refractivity contribution in [3.05, 3.63) is 60.2 Å². The van der Waals surface area contributed by atoms with E-state index in [4.69, 9.17) is 0 Å². The summed E-state index contributed by atoms with van der Waals surface area (Å²) in [6, 6.07) is 15.2. The van der Waals surface area contributed by atoms with Crippen LogP contribution in [0.25, 0.3) is 0 Å². The summed E-state index contributed by atoms with van der Waals surface area (Å²) in [5.74, 6) is -0.109. The fourth-order valence-corrected chi connectivity index (χ4v) is 4.75. The highest BCUT2D eigenvalue weighted by Gasteiger charge is 2.30. The zero-order valence-corrected chi connectivity index (χ0v) is 16.9. The largest absolute Gasteiger partial charge is 0.338 e. The number of anilines is 1. The van der Waals surface area contributed by atoms with Crippen LogP contribution in [0.5, 0.6) is 0 Å². The second kappa shape index (κ2) is 7.35. The van der Waals surface area contributed by atoms with Crippen LogP contribution in [0.4, 0.5) is 5.69 Å². The van der Waals surface area contributed by atoms with Gasteiger partial charge in [0.15, 0.2) is 0 Å². The van der Waals surface area contributed by atoms with E-state index in [1.54, 1.807) is 36.4 Å². The van der Waals surface area contributed by atoms with Gasteiger partial charge in [0.05, 0.1) is 10.6 Å². The Balaban J connectivity index is 1.88. The van der Waals surface area contributed by atoms with Crippen molar-refractivity contribution in [3.8, 4) is 0 Å². The van der Waals surface area contributed by atoms with Crippen molar-refractivity contribution in [3.63, 3.8) is 0 Å². The van der Waals surface area contributed by atoms with Gasteiger partial charge in [-0.15, -0.1) is 0 Å². The molecule has 3 rings (SSSR count). The molecule has 0 aliphatic carbocycles. The molecule has 5 nitrogen and oxygen atoms in total. The first-order chi connectivity index (χ1) is 12.7. The third-order valence-electron chi connectivity index (χ3n) is 5.05. The molecule has 1 fully saturated rings. The number of carbonyl (C=O) groups is 1. The Morgan fingerprint density at radius 3 is 2.44 bits per heavy atom. The van der Waals surface area contributed by atoms with Gasteiger partial charge in [0.25, 0.3) is 15.9 Å². The monoisotopic (exact) mass is 386 g/mol. The Morgan fingerprint density at radius 1 is 1.07 bits per heavy atom. The molecule has 1 amide bonds. The lowest BCUT2D eigenvalue weighted by molar-refractivity contribution is 0.0583. The molecule has 0 atom stereocenters. The fraction of sp³-hybridized carbons (Fsp3) is 0.381. The van der Waals surface area contributed by atoms with E-state index >= 15 is 0 Å². The first kappa shape index (κ1) is 19.4. The molecule has 1 heterocycles. The first-order valence-electron chi connectivity index (χ1n) is 9.14. The van der Waals surface area contributed by atoms with E-state index in [-0.39, 0.29) is 16.2 Å². The van der Waals surface area contributed by atoms with Crippen LogP contribution in [-0.4, -0.2) is 39.4 Å². The Bertz CT molecular complexity index is 923. The van der Waals surface area contributed by atoms with Crippen molar-refractivity contribution in [1.82, 2.24) is 4.90 Å². The maximum atomic E-state index is 13.0. The van der Waals surface area contributed by atoms with E-state index in [2.05, 4.69) is 13.8 Å². The molecule has 0 radical (unpaired) electrons. The molecule has 2 aromatic rings. The minimum absolute atomic E-state index is 0.0884. The topological polar surface area (TPSA) is 57.7 Å². The van der Waals surface area contributed by atoms with Gasteiger partial charge in [-0.2, -0.15) is 0 Å². The maximum Gasteiger partial charge on any atom is 0.264 e. The van der Waals surface area contributed by atoms with Crippen molar-refractivity contribution < 1.29 is 13.2 Å². The predicted molar refractivity (Wildman–Crippen MR) is 107 cm³/mol. The van der Waals surface area contributed by atoms with Crippen molar-refractivity contribution in [2.75, 3.05) is 24.4 Å². The number of piperidine rings is 1. The lowest BCUT2D eigenvalue weighted by Gasteiger charge is -2.38. The SMILES string of the molecule is CN(c1ccccc1)S(=O)(=O)c1cccc(C(=O)N2CCCC(C)(C)C2)c1. The smallest absolute Gasteiger partial charge is 0.264 e.